The Morgan fingerprint density at radius 2 is 2.13 bits per heavy atom. The maximum atomic E-state index is 5.65. The lowest BCUT2D eigenvalue weighted by atomic mass is 10.2. The minimum absolute atomic E-state index is 0.576. The molecule has 1 fully saturated rings. The van der Waals surface area contributed by atoms with E-state index in [-0.39, 0.29) is 0 Å². The largest absolute Gasteiger partial charge is 0.497 e. The van der Waals surface area contributed by atoms with Crippen LogP contribution in [-0.4, -0.2) is 24.7 Å². The zero-order valence-corrected chi connectivity index (χ0v) is 10.2. The van der Waals surface area contributed by atoms with Crippen molar-refractivity contribution in [1.82, 2.24) is 0 Å². The van der Waals surface area contributed by atoms with Gasteiger partial charge in [-0.1, -0.05) is 12.1 Å². The molecule has 1 aliphatic heterocycles. The second-order valence-corrected chi connectivity index (χ2v) is 5.90. The minimum atomic E-state index is 0.576. The van der Waals surface area contributed by atoms with Crippen LogP contribution < -0.4 is 10.5 Å². The fourth-order valence-corrected chi connectivity index (χ4v) is 4.19. The molecular formula is C11H14NOS2. The van der Waals surface area contributed by atoms with Crippen molar-refractivity contribution in [3.05, 3.63) is 34.4 Å². The van der Waals surface area contributed by atoms with Crippen LogP contribution in [0.4, 0.5) is 0 Å². The molecule has 4 heteroatoms. The second kappa shape index (κ2) is 5.14. The Kier molecular flexibility index (Phi) is 3.83. The average Bonchev–Trinajstić information content (AvgIpc) is 2.78. The van der Waals surface area contributed by atoms with Gasteiger partial charge in [-0.15, -0.1) is 23.5 Å². The first-order chi connectivity index (χ1) is 7.33. The Morgan fingerprint density at radius 1 is 1.40 bits per heavy atom. The number of nitrogens with two attached hydrogens (primary N) is 1. The summed E-state index contributed by atoms with van der Waals surface area (Å²) < 4.78 is 6.51. The third-order valence-corrected chi connectivity index (χ3v) is 5.33. The summed E-state index contributed by atoms with van der Waals surface area (Å²) in [5.41, 5.74) is 6.93. The Morgan fingerprint density at radius 3 is 2.67 bits per heavy atom. The number of thioether (sulfide) groups is 2. The first-order valence-corrected chi connectivity index (χ1v) is 6.71. The van der Waals surface area contributed by atoms with Gasteiger partial charge >= 0.3 is 0 Å². The lowest BCUT2D eigenvalue weighted by Gasteiger charge is -2.08. The average molecular weight is 240 g/mol. The molecule has 0 amide bonds. The van der Waals surface area contributed by atoms with Crippen molar-refractivity contribution in [2.45, 2.75) is 5.25 Å². The summed E-state index contributed by atoms with van der Waals surface area (Å²) in [6, 6.07) is 8.21. The van der Waals surface area contributed by atoms with Gasteiger partial charge in [0.1, 0.15) is 10.3 Å². The van der Waals surface area contributed by atoms with E-state index in [0.717, 1.165) is 18.0 Å². The maximum Gasteiger partial charge on any atom is 0.118 e. The first-order valence-electron chi connectivity index (χ1n) is 4.84. The van der Waals surface area contributed by atoms with Crippen LogP contribution in [0.3, 0.4) is 0 Å². The van der Waals surface area contributed by atoms with E-state index in [1.54, 1.807) is 7.11 Å². The van der Waals surface area contributed by atoms with Gasteiger partial charge in [0.15, 0.2) is 0 Å². The second-order valence-electron chi connectivity index (χ2n) is 3.30. The molecule has 1 atom stereocenters. The first kappa shape index (κ1) is 11.2. The van der Waals surface area contributed by atoms with Crippen molar-refractivity contribution in [3.63, 3.8) is 0 Å². The Bertz CT molecular complexity index is 315. The lowest BCUT2D eigenvalue weighted by Crippen LogP contribution is -2.15. The summed E-state index contributed by atoms with van der Waals surface area (Å²) in [7, 11) is 1.69. The molecule has 0 aliphatic carbocycles. The third-order valence-electron chi connectivity index (χ3n) is 2.26. The monoisotopic (exact) mass is 240 g/mol. The maximum absolute atomic E-state index is 5.65. The molecular weight excluding hydrogens is 226 g/mol. The van der Waals surface area contributed by atoms with E-state index < -0.39 is 0 Å². The zero-order valence-electron chi connectivity index (χ0n) is 8.60. The third kappa shape index (κ3) is 2.62. The Labute approximate surface area is 98.9 Å². The van der Waals surface area contributed by atoms with Gasteiger partial charge in [-0.25, -0.2) is 0 Å². The molecule has 0 spiro atoms. The highest BCUT2D eigenvalue weighted by molar-refractivity contribution is 8.24. The van der Waals surface area contributed by atoms with Crippen molar-refractivity contribution in [3.8, 4) is 5.75 Å². The van der Waals surface area contributed by atoms with Gasteiger partial charge < -0.3 is 10.5 Å². The van der Waals surface area contributed by atoms with Crippen molar-refractivity contribution in [2.75, 3.05) is 19.4 Å². The van der Waals surface area contributed by atoms with E-state index in [9.17, 15) is 0 Å². The van der Waals surface area contributed by atoms with Crippen LogP contribution >= 0.6 is 23.5 Å². The summed E-state index contributed by atoms with van der Waals surface area (Å²) in [4.78, 5) is 0. The van der Waals surface area contributed by atoms with Crippen LogP contribution in [0.15, 0.2) is 24.3 Å². The van der Waals surface area contributed by atoms with Crippen LogP contribution in [-0.2, 0) is 0 Å². The highest BCUT2D eigenvalue weighted by Crippen LogP contribution is 2.48. The van der Waals surface area contributed by atoms with Crippen molar-refractivity contribution < 1.29 is 4.74 Å². The van der Waals surface area contributed by atoms with Gasteiger partial charge in [-0.05, 0) is 17.7 Å². The molecule has 1 saturated heterocycles. The molecule has 2 nitrogen and oxygen atoms in total. The van der Waals surface area contributed by atoms with Crippen LogP contribution in [0.5, 0.6) is 5.75 Å². The molecule has 1 aliphatic rings. The fraction of sp³-hybridized carbons (Fsp3) is 0.364. The van der Waals surface area contributed by atoms with Crippen molar-refractivity contribution in [2.24, 2.45) is 5.73 Å². The van der Waals surface area contributed by atoms with Crippen molar-refractivity contribution >= 4 is 23.5 Å². The van der Waals surface area contributed by atoms with Gasteiger partial charge in [0.25, 0.3) is 0 Å². The summed E-state index contributed by atoms with van der Waals surface area (Å²) in [5.74, 6) is 2.03. The van der Waals surface area contributed by atoms with Gasteiger partial charge in [-0.3, -0.25) is 0 Å². The normalized spacial score (nSPS) is 21.9. The van der Waals surface area contributed by atoms with Crippen molar-refractivity contribution in [1.29, 1.82) is 0 Å². The quantitative estimate of drug-likeness (QED) is 0.879. The van der Waals surface area contributed by atoms with E-state index in [4.69, 9.17) is 10.5 Å². The molecule has 1 aromatic carbocycles. The van der Waals surface area contributed by atoms with Gasteiger partial charge in [-0.2, -0.15) is 0 Å². The number of rotatable bonds is 3. The molecule has 0 aromatic heterocycles. The van der Waals surface area contributed by atoms with E-state index in [1.807, 2.05) is 35.7 Å². The Hall–Kier alpha value is -0.320. The number of hydrogen-bond donors (Lipinski definition) is 1. The molecule has 2 rings (SSSR count). The van der Waals surface area contributed by atoms with Gasteiger partial charge in [0, 0.05) is 17.5 Å². The van der Waals surface area contributed by atoms with Crippen LogP contribution in [0, 0.1) is 4.58 Å². The van der Waals surface area contributed by atoms with Crippen LogP contribution in [0.2, 0.25) is 0 Å². The van der Waals surface area contributed by atoms with Crippen LogP contribution in [0.25, 0.3) is 0 Å². The number of benzene rings is 1. The molecule has 2 N–H and O–H groups in total. The smallest absolute Gasteiger partial charge is 0.118 e. The van der Waals surface area contributed by atoms with Gasteiger partial charge in [0.05, 0.1) is 7.11 Å². The molecule has 15 heavy (non-hydrogen) atoms. The highest BCUT2D eigenvalue weighted by atomic mass is 32.2. The molecule has 1 unspecified atom stereocenters. The summed E-state index contributed by atoms with van der Waals surface area (Å²) in [6.45, 7) is 0.761. The van der Waals surface area contributed by atoms with E-state index in [0.29, 0.717) is 5.25 Å². The SMILES string of the molecule is COc1ccc([C]2SCC(CN)S2)cc1. The Balaban J connectivity index is 2.04. The highest BCUT2D eigenvalue weighted by Gasteiger charge is 2.26. The fourth-order valence-electron chi connectivity index (χ4n) is 1.38. The predicted octanol–water partition coefficient (Wildman–Crippen LogP) is 2.34. The van der Waals surface area contributed by atoms with Crippen LogP contribution in [0.1, 0.15) is 5.56 Å². The minimum Gasteiger partial charge on any atom is -0.497 e. The molecule has 81 valence electrons. The number of hydrogen-bond acceptors (Lipinski definition) is 4. The van der Waals surface area contributed by atoms with Gasteiger partial charge in [0.2, 0.25) is 0 Å². The summed E-state index contributed by atoms with van der Waals surface area (Å²) in [6.07, 6.45) is 0. The molecule has 0 saturated carbocycles. The standard InChI is InChI=1S/C11H14NOS2/c1-13-9-4-2-8(3-5-9)11-14-7-10(6-12)15-11/h2-5,10H,6-7,12H2,1H3. The molecule has 1 heterocycles. The summed E-state index contributed by atoms with van der Waals surface area (Å²) >= 11 is 3.79. The molecule has 0 bridgehead atoms. The molecule has 1 radical (unpaired) electrons. The molecule has 1 aromatic rings. The number of methoxy groups -OCH3 is 1. The lowest BCUT2D eigenvalue weighted by molar-refractivity contribution is 0.414. The zero-order chi connectivity index (χ0) is 10.7. The van der Waals surface area contributed by atoms with E-state index in [2.05, 4.69) is 12.1 Å². The summed E-state index contributed by atoms with van der Waals surface area (Å²) in [5, 5.41) is 0.576. The predicted molar refractivity (Wildman–Crippen MR) is 68.2 cm³/mol. The topological polar surface area (TPSA) is 35.2 Å². The van der Waals surface area contributed by atoms with E-state index in [1.165, 1.54) is 10.1 Å². The number of ether oxygens (including phenoxy) is 1. The van der Waals surface area contributed by atoms with E-state index >= 15 is 0 Å².